The van der Waals surface area contributed by atoms with Crippen LogP contribution in [0.2, 0.25) is 0 Å². The number of anilines is 1. The second kappa shape index (κ2) is 6.94. The lowest BCUT2D eigenvalue weighted by Crippen LogP contribution is -2.53. The maximum absolute atomic E-state index is 12.3. The fraction of sp³-hybridized carbons (Fsp3) is 0.450. The second-order valence-electron chi connectivity index (χ2n) is 7.03. The summed E-state index contributed by atoms with van der Waals surface area (Å²) >= 11 is 0. The van der Waals surface area contributed by atoms with Crippen molar-refractivity contribution in [2.45, 2.75) is 32.2 Å². The summed E-state index contributed by atoms with van der Waals surface area (Å²) in [6, 6.07) is 10.5. The predicted octanol–water partition coefficient (Wildman–Crippen LogP) is 1.72. The van der Waals surface area contributed by atoms with Crippen molar-refractivity contribution in [3.63, 3.8) is 0 Å². The molecule has 136 valence electrons. The molecule has 1 aliphatic carbocycles. The number of fused-ring (bicyclic) bond motifs is 1. The summed E-state index contributed by atoms with van der Waals surface area (Å²) < 4.78 is 0. The molecule has 0 unspecified atom stereocenters. The van der Waals surface area contributed by atoms with E-state index < -0.39 is 11.8 Å². The summed E-state index contributed by atoms with van der Waals surface area (Å²) in [4.78, 5) is 32.9. The summed E-state index contributed by atoms with van der Waals surface area (Å²) in [6.07, 6.45) is 2.86. The Morgan fingerprint density at radius 1 is 1.15 bits per heavy atom. The number of rotatable bonds is 3. The number of aryl methyl sites for hydroxylation is 1. The Labute approximate surface area is 153 Å². The van der Waals surface area contributed by atoms with Gasteiger partial charge in [-0.15, -0.1) is 0 Å². The quantitative estimate of drug-likeness (QED) is 0.855. The average molecular weight is 352 g/mol. The van der Waals surface area contributed by atoms with Crippen LogP contribution in [0, 0.1) is 0 Å². The molecule has 1 aromatic carbocycles. The van der Waals surface area contributed by atoms with Gasteiger partial charge in [0.15, 0.2) is 0 Å². The van der Waals surface area contributed by atoms with Gasteiger partial charge in [-0.05, 0) is 31.4 Å². The van der Waals surface area contributed by atoms with E-state index in [9.17, 15) is 9.59 Å². The van der Waals surface area contributed by atoms with Gasteiger partial charge in [-0.3, -0.25) is 14.6 Å². The molecule has 1 aliphatic heterocycles. The number of hydrogen-bond acceptors (Lipinski definition) is 4. The molecule has 1 saturated carbocycles. The Morgan fingerprint density at radius 2 is 1.88 bits per heavy atom. The minimum atomic E-state index is -0.455. The molecule has 1 aromatic heterocycles. The Hall–Kier alpha value is -2.63. The maximum Gasteiger partial charge on any atom is 0.312 e. The number of pyridine rings is 1. The summed E-state index contributed by atoms with van der Waals surface area (Å²) in [7, 11) is 0. The smallest absolute Gasteiger partial charge is 0.312 e. The van der Waals surface area contributed by atoms with Gasteiger partial charge in [0, 0.05) is 49.0 Å². The zero-order valence-corrected chi connectivity index (χ0v) is 15.1. The van der Waals surface area contributed by atoms with Crippen LogP contribution in [0.3, 0.4) is 0 Å². The van der Waals surface area contributed by atoms with Gasteiger partial charge in [0.25, 0.3) is 0 Å². The van der Waals surface area contributed by atoms with Crippen molar-refractivity contribution in [1.29, 1.82) is 0 Å². The lowest BCUT2D eigenvalue weighted by molar-refractivity contribution is -0.146. The molecule has 0 spiro atoms. The number of carbonyl (C=O) groups is 2. The molecule has 1 N–H and O–H groups in total. The molecular weight excluding hydrogens is 328 g/mol. The van der Waals surface area contributed by atoms with Crippen molar-refractivity contribution in [2.24, 2.45) is 0 Å². The van der Waals surface area contributed by atoms with Crippen LogP contribution in [0.5, 0.6) is 0 Å². The fourth-order valence-corrected chi connectivity index (χ4v) is 3.42. The number of amides is 2. The van der Waals surface area contributed by atoms with Crippen LogP contribution in [-0.2, 0) is 16.0 Å². The molecule has 2 amide bonds. The summed E-state index contributed by atoms with van der Waals surface area (Å²) in [5.74, 6) is -0.853. The van der Waals surface area contributed by atoms with Crippen LogP contribution in [0.1, 0.15) is 25.5 Å². The van der Waals surface area contributed by atoms with E-state index in [1.54, 1.807) is 4.90 Å². The molecule has 26 heavy (non-hydrogen) atoms. The molecule has 4 rings (SSSR count). The van der Waals surface area contributed by atoms with Crippen LogP contribution in [0.25, 0.3) is 10.9 Å². The minimum absolute atomic E-state index is 0.211. The Bertz CT molecular complexity index is 839. The van der Waals surface area contributed by atoms with Gasteiger partial charge in [-0.1, -0.05) is 25.1 Å². The molecule has 6 nitrogen and oxygen atoms in total. The molecule has 2 fully saturated rings. The largest absolute Gasteiger partial charge is 0.367 e. The number of benzene rings is 1. The van der Waals surface area contributed by atoms with Crippen molar-refractivity contribution >= 4 is 28.4 Å². The van der Waals surface area contributed by atoms with E-state index >= 15 is 0 Å². The van der Waals surface area contributed by atoms with Gasteiger partial charge < -0.3 is 15.1 Å². The lowest BCUT2D eigenvalue weighted by Gasteiger charge is -2.36. The second-order valence-corrected chi connectivity index (χ2v) is 7.03. The first kappa shape index (κ1) is 16.8. The highest BCUT2D eigenvalue weighted by Gasteiger charge is 2.31. The van der Waals surface area contributed by atoms with Crippen LogP contribution < -0.4 is 10.2 Å². The molecule has 2 aliphatic rings. The van der Waals surface area contributed by atoms with Crippen molar-refractivity contribution < 1.29 is 9.59 Å². The molecule has 0 radical (unpaired) electrons. The maximum atomic E-state index is 12.3. The third-order valence-electron chi connectivity index (χ3n) is 5.12. The van der Waals surface area contributed by atoms with E-state index in [1.165, 1.54) is 5.69 Å². The minimum Gasteiger partial charge on any atom is -0.367 e. The van der Waals surface area contributed by atoms with Crippen LogP contribution >= 0.6 is 0 Å². The standard InChI is InChI=1S/C20H24N4O2/c1-2-14-13-18(16-5-3-4-6-17(16)21-14)23-9-11-24(12-10-23)20(26)19(25)22-15-7-8-15/h3-6,13,15H,2,7-12H2,1H3,(H,22,25). The SMILES string of the molecule is CCc1cc(N2CCN(C(=O)C(=O)NC3CC3)CC2)c2ccccc2n1. The molecule has 2 heterocycles. The van der Waals surface area contributed by atoms with E-state index in [0.717, 1.165) is 48.9 Å². The van der Waals surface area contributed by atoms with Gasteiger partial charge in [0.05, 0.1) is 5.52 Å². The van der Waals surface area contributed by atoms with E-state index in [4.69, 9.17) is 4.98 Å². The molecule has 0 atom stereocenters. The van der Waals surface area contributed by atoms with Gasteiger partial charge in [0.2, 0.25) is 0 Å². The molecule has 2 aromatic rings. The number of carbonyl (C=O) groups excluding carboxylic acids is 2. The first-order valence-corrected chi connectivity index (χ1v) is 9.39. The highest BCUT2D eigenvalue weighted by atomic mass is 16.2. The summed E-state index contributed by atoms with van der Waals surface area (Å²) in [5.41, 5.74) is 3.24. The number of nitrogens with zero attached hydrogens (tertiary/aromatic N) is 3. The van der Waals surface area contributed by atoms with E-state index in [2.05, 4.69) is 29.3 Å². The zero-order chi connectivity index (χ0) is 18.1. The van der Waals surface area contributed by atoms with E-state index in [1.807, 2.05) is 18.2 Å². The fourth-order valence-electron chi connectivity index (χ4n) is 3.42. The third kappa shape index (κ3) is 3.36. The lowest BCUT2D eigenvalue weighted by atomic mass is 10.1. The number of para-hydroxylation sites is 1. The number of hydrogen-bond donors (Lipinski definition) is 1. The number of nitrogens with one attached hydrogen (secondary N) is 1. The topological polar surface area (TPSA) is 65.5 Å². The average Bonchev–Trinajstić information content (AvgIpc) is 3.50. The van der Waals surface area contributed by atoms with E-state index in [0.29, 0.717) is 13.1 Å². The first-order chi connectivity index (χ1) is 12.7. The van der Waals surface area contributed by atoms with Gasteiger partial charge >= 0.3 is 11.8 Å². The molecule has 1 saturated heterocycles. The summed E-state index contributed by atoms with van der Waals surface area (Å²) in [5, 5.41) is 3.92. The highest BCUT2D eigenvalue weighted by molar-refractivity contribution is 6.35. The summed E-state index contributed by atoms with van der Waals surface area (Å²) in [6.45, 7) is 4.68. The molecule has 0 bridgehead atoms. The number of aromatic nitrogens is 1. The third-order valence-corrected chi connectivity index (χ3v) is 5.12. The van der Waals surface area contributed by atoms with Crippen molar-refractivity contribution in [3.8, 4) is 0 Å². The zero-order valence-electron chi connectivity index (χ0n) is 15.1. The van der Waals surface area contributed by atoms with Crippen molar-refractivity contribution in [1.82, 2.24) is 15.2 Å². The van der Waals surface area contributed by atoms with Crippen LogP contribution in [0.15, 0.2) is 30.3 Å². The Balaban J connectivity index is 1.48. The van der Waals surface area contributed by atoms with E-state index in [-0.39, 0.29) is 6.04 Å². The van der Waals surface area contributed by atoms with Gasteiger partial charge in [-0.2, -0.15) is 0 Å². The van der Waals surface area contributed by atoms with Crippen molar-refractivity contribution in [3.05, 3.63) is 36.0 Å². The number of piperazine rings is 1. The Morgan fingerprint density at radius 3 is 2.58 bits per heavy atom. The monoisotopic (exact) mass is 352 g/mol. The van der Waals surface area contributed by atoms with Crippen LogP contribution in [0.4, 0.5) is 5.69 Å². The van der Waals surface area contributed by atoms with Gasteiger partial charge in [-0.25, -0.2) is 0 Å². The van der Waals surface area contributed by atoms with Crippen LogP contribution in [-0.4, -0.2) is 53.9 Å². The first-order valence-electron chi connectivity index (χ1n) is 9.39. The highest BCUT2D eigenvalue weighted by Crippen LogP contribution is 2.28. The van der Waals surface area contributed by atoms with Crippen molar-refractivity contribution in [2.75, 3.05) is 31.1 Å². The molecular formula is C20H24N4O2. The predicted molar refractivity (Wildman–Crippen MR) is 101 cm³/mol. The molecule has 6 heteroatoms. The normalized spacial score (nSPS) is 17.4. The Kier molecular flexibility index (Phi) is 4.49. The van der Waals surface area contributed by atoms with Gasteiger partial charge in [0.1, 0.15) is 0 Å².